The van der Waals surface area contributed by atoms with Crippen LogP contribution in [0.3, 0.4) is 0 Å². The lowest BCUT2D eigenvalue weighted by Gasteiger charge is -2.12. The molecule has 4 heteroatoms. The maximum absolute atomic E-state index is 12.8. The summed E-state index contributed by atoms with van der Waals surface area (Å²) in [6.45, 7) is 1.40. The summed E-state index contributed by atoms with van der Waals surface area (Å²) in [5, 5.41) is 0. The highest BCUT2D eigenvalue weighted by atomic mass is 19.1. The van der Waals surface area contributed by atoms with Gasteiger partial charge in [-0.15, -0.1) is 0 Å². The van der Waals surface area contributed by atoms with Gasteiger partial charge in [-0.2, -0.15) is 0 Å². The van der Waals surface area contributed by atoms with Crippen LogP contribution in [0.2, 0.25) is 0 Å². The molecule has 14 heavy (non-hydrogen) atoms. The van der Waals surface area contributed by atoms with Gasteiger partial charge in [-0.1, -0.05) is 0 Å². The predicted octanol–water partition coefficient (Wildman–Crippen LogP) is 1.37. The molecule has 0 fully saturated rings. The van der Waals surface area contributed by atoms with Crippen molar-refractivity contribution in [1.82, 2.24) is 0 Å². The predicted molar refractivity (Wildman–Crippen MR) is 48.8 cm³/mol. The lowest BCUT2D eigenvalue weighted by Crippen LogP contribution is -2.27. The van der Waals surface area contributed by atoms with Crippen LogP contribution in [-0.2, 0) is 4.79 Å². The largest absolute Gasteiger partial charge is 0.304 e. The topological polar surface area (TPSA) is 37.4 Å². The van der Waals surface area contributed by atoms with E-state index in [1.807, 2.05) is 0 Å². The van der Waals surface area contributed by atoms with Crippen molar-refractivity contribution in [3.63, 3.8) is 0 Å². The standard InChI is InChI=1S/C10H8FNO2/c1-6(13)12-5-10(14)8-4-7(11)2-3-9(8)12/h2-4H,5H2,1H3. The number of ketones is 1. The third-order valence-electron chi connectivity index (χ3n) is 2.23. The minimum Gasteiger partial charge on any atom is -0.304 e. The number of amides is 1. The van der Waals surface area contributed by atoms with E-state index in [-0.39, 0.29) is 18.2 Å². The Kier molecular flexibility index (Phi) is 1.84. The van der Waals surface area contributed by atoms with Gasteiger partial charge < -0.3 is 4.90 Å². The van der Waals surface area contributed by atoms with Crippen LogP contribution >= 0.6 is 0 Å². The van der Waals surface area contributed by atoms with Crippen LogP contribution in [0, 0.1) is 5.82 Å². The molecular weight excluding hydrogens is 185 g/mol. The summed E-state index contributed by atoms with van der Waals surface area (Å²) in [4.78, 5) is 23.8. The maximum atomic E-state index is 12.8. The molecule has 1 aromatic rings. The van der Waals surface area contributed by atoms with E-state index in [2.05, 4.69) is 0 Å². The van der Waals surface area contributed by atoms with Crippen molar-refractivity contribution in [2.24, 2.45) is 0 Å². The second-order valence-electron chi connectivity index (χ2n) is 3.19. The van der Waals surface area contributed by atoms with Gasteiger partial charge in [-0.3, -0.25) is 9.59 Å². The Hall–Kier alpha value is -1.71. The number of carbonyl (C=O) groups is 2. The summed E-state index contributed by atoms with van der Waals surface area (Å²) in [5.41, 5.74) is 0.795. The highest BCUT2D eigenvalue weighted by molar-refractivity contribution is 6.15. The van der Waals surface area contributed by atoms with Crippen molar-refractivity contribution in [1.29, 1.82) is 0 Å². The molecule has 0 spiro atoms. The lowest BCUT2D eigenvalue weighted by molar-refractivity contribution is -0.116. The number of hydrogen-bond donors (Lipinski definition) is 0. The van der Waals surface area contributed by atoms with Gasteiger partial charge >= 0.3 is 0 Å². The zero-order valence-corrected chi connectivity index (χ0v) is 7.58. The third kappa shape index (κ3) is 1.19. The fraction of sp³-hybridized carbons (Fsp3) is 0.200. The molecule has 1 aromatic carbocycles. The summed E-state index contributed by atoms with van der Waals surface area (Å²) in [7, 11) is 0. The summed E-state index contributed by atoms with van der Waals surface area (Å²) in [6, 6.07) is 3.87. The number of halogens is 1. The van der Waals surface area contributed by atoms with Crippen LogP contribution in [0.5, 0.6) is 0 Å². The zero-order chi connectivity index (χ0) is 10.3. The lowest BCUT2D eigenvalue weighted by atomic mass is 10.1. The molecule has 0 saturated heterocycles. The monoisotopic (exact) mass is 193 g/mol. The van der Waals surface area contributed by atoms with Crippen LogP contribution in [0.1, 0.15) is 17.3 Å². The van der Waals surface area contributed by atoms with Gasteiger partial charge in [0.05, 0.1) is 12.2 Å². The Morgan fingerprint density at radius 1 is 1.50 bits per heavy atom. The first kappa shape index (κ1) is 8.87. The van der Waals surface area contributed by atoms with Crippen molar-refractivity contribution in [2.75, 3.05) is 11.4 Å². The van der Waals surface area contributed by atoms with E-state index in [0.29, 0.717) is 11.3 Å². The Morgan fingerprint density at radius 2 is 2.21 bits per heavy atom. The highest BCUT2D eigenvalue weighted by Crippen LogP contribution is 2.28. The van der Waals surface area contributed by atoms with E-state index in [0.717, 1.165) is 0 Å². The molecule has 0 aromatic heterocycles. The van der Waals surface area contributed by atoms with Crippen molar-refractivity contribution >= 4 is 17.4 Å². The summed E-state index contributed by atoms with van der Waals surface area (Å²) >= 11 is 0. The van der Waals surface area contributed by atoms with E-state index in [4.69, 9.17) is 0 Å². The van der Waals surface area contributed by atoms with Gasteiger partial charge in [-0.05, 0) is 18.2 Å². The Labute approximate surface area is 80.1 Å². The summed E-state index contributed by atoms with van der Waals surface area (Å²) in [5.74, 6) is -0.874. The van der Waals surface area contributed by atoms with Gasteiger partial charge in [-0.25, -0.2) is 4.39 Å². The zero-order valence-electron chi connectivity index (χ0n) is 7.58. The van der Waals surface area contributed by atoms with Crippen LogP contribution in [0.25, 0.3) is 0 Å². The molecular formula is C10H8FNO2. The highest BCUT2D eigenvalue weighted by Gasteiger charge is 2.29. The van der Waals surface area contributed by atoms with Gasteiger partial charge in [0.15, 0.2) is 5.78 Å². The molecule has 2 rings (SSSR count). The van der Waals surface area contributed by atoms with Crippen molar-refractivity contribution in [3.05, 3.63) is 29.6 Å². The van der Waals surface area contributed by atoms with Crippen molar-refractivity contribution < 1.29 is 14.0 Å². The van der Waals surface area contributed by atoms with E-state index in [1.54, 1.807) is 0 Å². The molecule has 0 bridgehead atoms. The van der Waals surface area contributed by atoms with Gasteiger partial charge in [0.25, 0.3) is 0 Å². The Morgan fingerprint density at radius 3 is 2.86 bits per heavy atom. The van der Waals surface area contributed by atoms with E-state index >= 15 is 0 Å². The van der Waals surface area contributed by atoms with E-state index in [1.165, 1.54) is 30.0 Å². The molecule has 3 nitrogen and oxygen atoms in total. The smallest absolute Gasteiger partial charge is 0.224 e. The molecule has 1 amide bonds. The van der Waals surface area contributed by atoms with E-state index in [9.17, 15) is 14.0 Å². The van der Waals surface area contributed by atoms with E-state index < -0.39 is 5.82 Å². The molecule has 0 aliphatic carbocycles. The first-order chi connectivity index (χ1) is 6.59. The van der Waals surface area contributed by atoms with Crippen LogP contribution in [-0.4, -0.2) is 18.2 Å². The second-order valence-corrected chi connectivity index (χ2v) is 3.19. The number of hydrogen-bond acceptors (Lipinski definition) is 2. The average molecular weight is 193 g/mol. The molecule has 0 unspecified atom stereocenters. The second kappa shape index (κ2) is 2.90. The molecule has 1 heterocycles. The number of fused-ring (bicyclic) bond motifs is 1. The van der Waals surface area contributed by atoms with Gasteiger partial charge in [0, 0.05) is 12.5 Å². The quantitative estimate of drug-likeness (QED) is 0.624. The maximum Gasteiger partial charge on any atom is 0.224 e. The van der Waals surface area contributed by atoms with Crippen LogP contribution < -0.4 is 4.90 Å². The van der Waals surface area contributed by atoms with Gasteiger partial charge in [0.1, 0.15) is 5.82 Å². The fourth-order valence-corrected chi connectivity index (χ4v) is 1.56. The number of benzene rings is 1. The third-order valence-corrected chi connectivity index (χ3v) is 2.23. The first-order valence-electron chi connectivity index (χ1n) is 4.20. The summed E-state index contributed by atoms with van der Waals surface area (Å²) < 4.78 is 12.8. The number of Topliss-reactive ketones (excluding diaryl/α,β-unsaturated/α-hetero) is 1. The molecule has 1 aliphatic heterocycles. The molecule has 0 saturated carbocycles. The summed E-state index contributed by atoms with van der Waals surface area (Å²) in [6.07, 6.45) is 0. The van der Waals surface area contributed by atoms with Crippen molar-refractivity contribution in [3.8, 4) is 0 Å². The number of nitrogens with zero attached hydrogens (tertiary/aromatic N) is 1. The van der Waals surface area contributed by atoms with Crippen LogP contribution in [0.15, 0.2) is 18.2 Å². The van der Waals surface area contributed by atoms with Gasteiger partial charge in [0.2, 0.25) is 5.91 Å². The molecule has 1 aliphatic rings. The molecule has 72 valence electrons. The minimum absolute atomic E-state index is 0.0219. The van der Waals surface area contributed by atoms with Crippen molar-refractivity contribution in [2.45, 2.75) is 6.92 Å². The van der Waals surface area contributed by atoms with Crippen LogP contribution in [0.4, 0.5) is 10.1 Å². The first-order valence-corrected chi connectivity index (χ1v) is 4.20. The number of carbonyl (C=O) groups excluding carboxylic acids is 2. The molecule has 0 radical (unpaired) electrons. The Bertz CT molecular complexity index is 428. The fourth-order valence-electron chi connectivity index (χ4n) is 1.56. The number of rotatable bonds is 0. The SMILES string of the molecule is CC(=O)N1CC(=O)c2cc(F)ccc21. The normalized spacial score (nSPS) is 14.4. The molecule has 0 N–H and O–H groups in total. The molecule has 0 atom stereocenters. The Balaban J connectivity index is 2.55. The number of anilines is 1. The average Bonchev–Trinajstić information content (AvgIpc) is 2.44. The minimum atomic E-state index is -0.456.